The van der Waals surface area contributed by atoms with Crippen molar-refractivity contribution in [1.82, 2.24) is 4.90 Å². The number of hydrogen-bond donors (Lipinski definition) is 1. The lowest BCUT2D eigenvalue weighted by Gasteiger charge is -2.31. The normalized spacial score (nSPS) is 24.1. The van der Waals surface area contributed by atoms with Gasteiger partial charge in [0.1, 0.15) is 0 Å². The van der Waals surface area contributed by atoms with Crippen LogP contribution in [0.4, 0.5) is 0 Å². The number of rotatable bonds is 3. The molecule has 0 spiro atoms. The minimum atomic E-state index is -0.872. The van der Waals surface area contributed by atoms with Crippen molar-refractivity contribution in [2.24, 2.45) is 10.7 Å². The standard InChI is InChI=1S/C12H25N3O2S/c1-10-9-15(6-7-17-10)11(13)14-5-8-18(16)12(2,3)4/h10H,5-9H2,1-4H3,(H2,13,14). The first-order valence-electron chi connectivity index (χ1n) is 6.35. The smallest absolute Gasteiger partial charge is 0.191 e. The average Bonchev–Trinajstić information content (AvgIpc) is 2.27. The molecule has 1 rings (SSSR count). The Labute approximate surface area is 112 Å². The van der Waals surface area contributed by atoms with Crippen LogP contribution in [0, 0.1) is 0 Å². The molecular formula is C12H25N3O2S. The second-order valence-electron chi connectivity index (χ2n) is 5.53. The quantitative estimate of drug-likeness (QED) is 0.604. The van der Waals surface area contributed by atoms with E-state index in [9.17, 15) is 4.21 Å². The topological polar surface area (TPSA) is 67.9 Å². The Bertz CT molecular complexity index is 326. The summed E-state index contributed by atoms with van der Waals surface area (Å²) in [4.78, 5) is 6.33. The van der Waals surface area contributed by atoms with Gasteiger partial charge in [-0.2, -0.15) is 0 Å². The van der Waals surface area contributed by atoms with Gasteiger partial charge in [0, 0.05) is 34.4 Å². The van der Waals surface area contributed by atoms with E-state index in [1.165, 1.54) is 0 Å². The van der Waals surface area contributed by atoms with Crippen molar-refractivity contribution >= 4 is 16.8 Å². The number of hydrogen-bond acceptors (Lipinski definition) is 3. The molecule has 0 aromatic rings. The van der Waals surface area contributed by atoms with Crippen molar-refractivity contribution in [2.75, 3.05) is 32.0 Å². The SMILES string of the molecule is CC1CN(C(N)=NCCS(=O)C(C)(C)C)CCO1. The lowest BCUT2D eigenvalue weighted by atomic mass is 10.3. The number of nitrogens with two attached hydrogens (primary N) is 1. The van der Waals surface area contributed by atoms with E-state index < -0.39 is 10.8 Å². The highest BCUT2D eigenvalue weighted by Crippen LogP contribution is 2.11. The van der Waals surface area contributed by atoms with Crippen LogP contribution in [0.15, 0.2) is 4.99 Å². The van der Waals surface area contributed by atoms with Gasteiger partial charge < -0.3 is 15.4 Å². The zero-order valence-corrected chi connectivity index (χ0v) is 12.6. The van der Waals surface area contributed by atoms with E-state index in [-0.39, 0.29) is 10.9 Å². The molecule has 18 heavy (non-hydrogen) atoms. The predicted molar refractivity (Wildman–Crippen MR) is 76.2 cm³/mol. The lowest BCUT2D eigenvalue weighted by molar-refractivity contribution is 0.00531. The van der Waals surface area contributed by atoms with Crippen LogP contribution in [-0.2, 0) is 15.5 Å². The van der Waals surface area contributed by atoms with Crippen LogP contribution in [0.3, 0.4) is 0 Å². The molecule has 0 amide bonds. The molecule has 5 nitrogen and oxygen atoms in total. The summed E-state index contributed by atoms with van der Waals surface area (Å²) in [6.07, 6.45) is 0.191. The highest BCUT2D eigenvalue weighted by molar-refractivity contribution is 7.86. The number of aliphatic imine (C=N–C) groups is 1. The molecule has 2 atom stereocenters. The van der Waals surface area contributed by atoms with E-state index in [1.807, 2.05) is 32.6 Å². The van der Waals surface area contributed by atoms with E-state index in [2.05, 4.69) is 4.99 Å². The molecule has 6 heteroatoms. The molecule has 106 valence electrons. The summed E-state index contributed by atoms with van der Waals surface area (Å²) >= 11 is 0. The second kappa shape index (κ2) is 6.52. The molecule has 0 aromatic heterocycles. The highest BCUT2D eigenvalue weighted by Gasteiger charge is 2.20. The number of nitrogens with zero attached hydrogens (tertiary/aromatic N) is 2. The summed E-state index contributed by atoms with van der Waals surface area (Å²) in [7, 11) is -0.872. The zero-order valence-electron chi connectivity index (χ0n) is 11.8. The lowest BCUT2D eigenvalue weighted by Crippen LogP contribution is -2.48. The van der Waals surface area contributed by atoms with E-state index in [0.29, 0.717) is 24.9 Å². The third-order valence-corrected chi connectivity index (χ3v) is 4.72. The van der Waals surface area contributed by atoms with Gasteiger partial charge in [-0.25, -0.2) is 0 Å². The van der Waals surface area contributed by atoms with Crippen LogP contribution < -0.4 is 5.73 Å². The van der Waals surface area contributed by atoms with Crippen LogP contribution in [0.1, 0.15) is 27.7 Å². The van der Waals surface area contributed by atoms with Gasteiger partial charge in [0.2, 0.25) is 0 Å². The summed E-state index contributed by atoms with van der Waals surface area (Å²) in [6, 6.07) is 0. The molecule has 1 aliphatic rings. The Morgan fingerprint density at radius 1 is 1.56 bits per heavy atom. The maximum absolute atomic E-state index is 11.8. The molecular weight excluding hydrogens is 250 g/mol. The molecule has 0 aromatic carbocycles. The number of morpholine rings is 1. The van der Waals surface area contributed by atoms with Gasteiger partial charge in [-0.15, -0.1) is 0 Å². The Balaban J connectivity index is 2.40. The summed E-state index contributed by atoms with van der Waals surface area (Å²) in [5, 5.41) is 0. The fourth-order valence-corrected chi connectivity index (χ4v) is 2.55. The van der Waals surface area contributed by atoms with Gasteiger partial charge in [0.15, 0.2) is 5.96 Å². The fraction of sp³-hybridized carbons (Fsp3) is 0.917. The molecule has 0 bridgehead atoms. The Morgan fingerprint density at radius 3 is 2.78 bits per heavy atom. The van der Waals surface area contributed by atoms with Crippen LogP contribution in [0.2, 0.25) is 0 Å². The highest BCUT2D eigenvalue weighted by atomic mass is 32.2. The van der Waals surface area contributed by atoms with Crippen molar-refractivity contribution in [3.63, 3.8) is 0 Å². The summed E-state index contributed by atoms with van der Waals surface area (Å²) in [5.41, 5.74) is 5.93. The first-order valence-corrected chi connectivity index (χ1v) is 7.67. The first-order chi connectivity index (χ1) is 8.30. The van der Waals surface area contributed by atoms with Gasteiger partial charge in [0.05, 0.1) is 19.3 Å². The fourth-order valence-electron chi connectivity index (χ4n) is 1.68. The third kappa shape index (κ3) is 4.94. The molecule has 1 saturated heterocycles. The van der Waals surface area contributed by atoms with E-state index >= 15 is 0 Å². The van der Waals surface area contributed by atoms with Crippen molar-refractivity contribution in [2.45, 2.75) is 38.5 Å². The number of ether oxygens (including phenoxy) is 1. The summed E-state index contributed by atoms with van der Waals surface area (Å²) in [6.45, 7) is 10.7. The maximum atomic E-state index is 11.8. The van der Waals surface area contributed by atoms with Crippen LogP contribution in [0.5, 0.6) is 0 Å². The van der Waals surface area contributed by atoms with Crippen LogP contribution in [0.25, 0.3) is 0 Å². The molecule has 2 N–H and O–H groups in total. The Hall–Kier alpha value is -0.620. The van der Waals surface area contributed by atoms with E-state index in [1.54, 1.807) is 0 Å². The molecule has 1 aliphatic heterocycles. The summed E-state index contributed by atoms with van der Waals surface area (Å²) in [5.74, 6) is 1.10. The van der Waals surface area contributed by atoms with Crippen LogP contribution in [-0.4, -0.2) is 57.9 Å². The van der Waals surface area contributed by atoms with Crippen molar-refractivity contribution in [3.8, 4) is 0 Å². The first kappa shape index (κ1) is 15.4. The van der Waals surface area contributed by atoms with E-state index in [4.69, 9.17) is 10.5 Å². The molecule has 1 fully saturated rings. The predicted octanol–water partition coefficient (Wildman–Crippen LogP) is 0.569. The van der Waals surface area contributed by atoms with Gasteiger partial charge in [-0.05, 0) is 27.7 Å². The molecule has 0 aliphatic carbocycles. The van der Waals surface area contributed by atoms with Gasteiger partial charge >= 0.3 is 0 Å². The van der Waals surface area contributed by atoms with Gasteiger partial charge in [-0.3, -0.25) is 9.20 Å². The van der Waals surface area contributed by atoms with Crippen molar-refractivity contribution in [3.05, 3.63) is 0 Å². The maximum Gasteiger partial charge on any atom is 0.191 e. The average molecular weight is 275 g/mol. The second-order valence-corrected chi connectivity index (χ2v) is 7.85. The largest absolute Gasteiger partial charge is 0.375 e. The van der Waals surface area contributed by atoms with E-state index in [0.717, 1.165) is 13.1 Å². The molecule has 2 unspecified atom stereocenters. The minimum absolute atomic E-state index is 0.183. The zero-order chi connectivity index (χ0) is 13.8. The summed E-state index contributed by atoms with van der Waals surface area (Å²) < 4.78 is 17.1. The van der Waals surface area contributed by atoms with Gasteiger partial charge in [0.25, 0.3) is 0 Å². The molecule has 0 radical (unpaired) electrons. The molecule has 1 heterocycles. The minimum Gasteiger partial charge on any atom is -0.375 e. The third-order valence-electron chi connectivity index (χ3n) is 2.80. The van der Waals surface area contributed by atoms with Gasteiger partial charge in [-0.1, -0.05) is 0 Å². The Kier molecular flexibility index (Phi) is 5.59. The number of guanidine groups is 1. The molecule has 0 saturated carbocycles. The van der Waals surface area contributed by atoms with Crippen molar-refractivity contribution in [1.29, 1.82) is 0 Å². The Morgan fingerprint density at radius 2 is 2.22 bits per heavy atom. The van der Waals surface area contributed by atoms with Crippen LogP contribution >= 0.6 is 0 Å². The van der Waals surface area contributed by atoms with Crippen molar-refractivity contribution < 1.29 is 8.95 Å². The monoisotopic (exact) mass is 275 g/mol.